The Balaban J connectivity index is -0.000000198. The molecule has 0 aromatic rings. The third-order valence-corrected chi connectivity index (χ3v) is 3.98. The van der Waals surface area contributed by atoms with Gasteiger partial charge < -0.3 is 31.1 Å². The highest BCUT2D eigenvalue weighted by molar-refractivity contribution is 5.76. The maximum atomic E-state index is 11.2. The van der Waals surface area contributed by atoms with Crippen molar-refractivity contribution in [1.29, 1.82) is 0 Å². The molecule has 0 saturated heterocycles. The van der Waals surface area contributed by atoms with Gasteiger partial charge in [-0.05, 0) is 75.7 Å². The number of nitrogens with one attached hydrogen (secondary N) is 4. The molecule has 0 radical (unpaired) electrons. The Bertz CT molecular complexity index is 589. The summed E-state index contributed by atoms with van der Waals surface area (Å²) in [5.41, 5.74) is 0. The van der Waals surface area contributed by atoms with Crippen molar-refractivity contribution in [3.8, 4) is 0 Å². The molecule has 0 aromatic carbocycles. The van der Waals surface area contributed by atoms with Crippen molar-refractivity contribution in [2.75, 3.05) is 27.2 Å². The summed E-state index contributed by atoms with van der Waals surface area (Å²) in [5.74, 6) is 0.285. The minimum absolute atomic E-state index is 0.0324. The first-order chi connectivity index (χ1) is 17.0. The molecule has 0 aliphatic rings. The molecule has 0 spiro atoms. The Morgan fingerprint density at radius 2 is 0.919 bits per heavy atom. The van der Waals surface area contributed by atoms with Crippen LogP contribution in [0.15, 0.2) is 0 Å². The standard InChI is InChI=1S/C8H18N2O.C7H15NO.C6H14N2O.C6H13NO/c1-5-10(6-2)8(11)9-7(3)4;1-4-5-7(9)8-6(2)3;1-5(2)7-6(9)8(3)4;1-4-6(8)7-5(2)3/h7H,5-6H2,1-4H3,(H,9,11);6H,4-5H2,1-3H3,(H,8,9);5H,1-4H3,(H,7,9);5H,4H2,1-3H3,(H,7,8). The van der Waals surface area contributed by atoms with Crippen LogP contribution in [0.1, 0.15) is 102 Å². The minimum atomic E-state index is -0.0370. The highest BCUT2D eigenvalue weighted by Gasteiger charge is 2.08. The molecule has 222 valence electrons. The van der Waals surface area contributed by atoms with Crippen LogP contribution in [0, 0.1) is 0 Å². The Labute approximate surface area is 228 Å². The zero-order chi connectivity index (χ0) is 30.1. The first-order valence-corrected chi connectivity index (χ1v) is 13.6. The summed E-state index contributed by atoms with van der Waals surface area (Å²) < 4.78 is 0. The fraction of sp³-hybridized carbons (Fsp3) is 0.852. The molecule has 10 heteroatoms. The van der Waals surface area contributed by atoms with Gasteiger partial charge in [-0.3, -0.25) is 9.59 Å². The number of carbonyl (C=O) groups is 4. The molecule has 0 unspecified atom stereocenters. The van der Waals surface area contributed by atoms with Gasteiger partial charge in [-0.25, -0.2) is 9.59 Å². The van der Waals surface area contributed by atoms with E-state index >= 15 is 0 Å². The summed E-state index contributed by atoms with van der Waals surface area (Å²) >= 11 is 0. The van der Waals surface area contributed by atoms with Crippen LogP contribution in [0.2, 0.25) is 0 Å². The normalized spacial score (nSPS) is 9.68. The lowest BCUT2D eigenvalue weighted by Gasteiger charge is -2.20. The van der Waals surface area contributed by atoms with Crippen molar-refractivity contribution < 1.29 is 19.2 Å². The Morgan fingerprint density at radius 1 is 0.568 bits per heavy atom. The lowest BCUT2D eigenvalue weighted by Crippen LogP contribution is -2.42. The number of hydrogen-bond donors (Lipinski definition) is 4. The molecule has 0 aliphatic heterocycles. The average Bonchev–Trinajstić information content (AvgIpc) is 2.74. The van der Waals surface area contributed by atoms with Crippen LogP contribution in [0.4, 0.5) is 9.59 Å². The highest BCUT2D eigenvalue weighted by Crippen LogP contribution is 1.89. The van der Waals surface area contributed by atoms with Crippen LogP contribution in [0.3, 0.4) is 0 Å². The van der Waals surface area contributed by atoms with Crippen molar-refractivity contribution in [3.63, 3.8) is 0 Å². The second-order valence-corrected chi connectivity index (χ2v) is 9.82. The monoisotopic (exact) mass is 532 g/mol. The van der Waals surface area contributed by atoms with E-state index in [1.807, 2.05) is 83.1 Å². The predicted molar refractivity (Wildman–Crippen MR) is 156 cm³/mol. The van der Waals surface area contributed by atoms with Crippen molar-refractivity contribution in [3.05, 3.63) is 0 Å². The average molecular weight is 533 g/mol. The topological polar surface area (TPSA) is 123 Å². The molecule has 37 heavy (non-hydrogen) atoms. The smallest absolute Gasteiger partial charge is 0.317 e. The van der Waals surface area contributed by atoms with Gasteiger partial charge in [0.05, 0.1) is 0 Å². The quantitative estimate of drug-likeness (QED) is 0.353. The fourth-order valence-electron chi connectivity index (χ4n) is 2.27. The Hall–Kier alpha value is -2.52. The molecule has 4 N–H and O–H groups in total. The molecular weight excluding hydrogens is 472 g/mol. The predicted octanol–water partition coefficient (Wildman–Crippen LogP) is 4.34. The maximum Gasteiger partial charge on any atom is 0.317 e. The van der Waals surface area contributed by atoms with Crippen molar-refractivity contribution in [1.82, 2.24) is 31.1 Å². The zero-order valence-corrected chi connectivity index (χ0v) is 26.4. The first kappa shape index (κ1) is 41.6. The second-order valence-electron chi connectivity index (χ2n) is 9.82. The van der Waals surface area contributed by atoms with Crippen LogP contribution in [-0.4, -0.2) is 85.0 Å². The molecule has 0 heterocycles. The number of carbonyl (C=O) groups excluding carboxylic acids is 4. The number of hydrogen-bond acceptors (Lipinski definition) is 4. The lowest BCUT2D eigenvalue weighted by molar-refractivity contribution is -0.122. The summed E-state index contributed by atoms with van der Waals surface area (Å²) in [6, 6.07) is 1.00. The number of nitrogens with zero attached hydrogens (tertiary/aromatic N) is 2. The van der Waals surface area contributed by atoms with E-state index in [0.717, 1.165) is 19.5 Å². The van der Waals surface area contributed by atoms with Crippen LogP contribution in [0.25, 0.3) is 0 Å². The van der Waals surface area contributed by atoms with E-state index in [2.05, 4.69) is 21.3 Å². The van der Waals surface area contributed by atoms with Gasteiger partial charge in [-0.1, -0.05) is 13.8 Å². The van der Waals surface area contributed by atoms with Crippen molar-refractivity contribution >= 4 is 23.9 Å². The molecule has 0 aromatic heterocycles. The van der Waals surface area contributed by atoms with Crippen LogP contribution < -0.4 is 21.3 Å². The molecule has 0 rings (SSSR count). The Morgan fingerprint density at radius 3 is 1.14 bits per heavy atom. The fourth-order valence-corrected chi connectivity index (χ4v) is 2.27. The van der Waals surface area contributed by atoms with Crippen LogP contribution in [0.5, 0.6) is 0 Å². The first-order valence-electron chi connectivity index (χ1n) is 13.6. The molecule has 0 fully saturated rings. The molecular formula is C27H60N6O4. The Kier molecular flexibility index (Phi) is 29.8. The molecule has 10 nitrogen and oxygen atoms in total. The van der Waals surface area contributed by atoms with Gasteiger partial charge in [0.2, 0.25) is 11.8 Å². The van der Waals surface area contributed by atoms with Crippen LogP contribution in [-0.2, 0) is 9.59 Å². The van der Waals surface area contributed by atoms with Crippen molar-refractivity contribution in [2.24, 2.45) is 0 Å². The van der Waals surface area contributed by atoms with E-state index in [9.17, 15) is 19.2 Å². The number of amides is 6. The van der Waals surface area contributed by atoms with Gasteiger partial charge >= 0.3 is 12.1 Å². The van der Waals surface area contributed by atoms with Gasteiger partial charge in [0, 0.05) is 64.2 Å². The van der Waals surface area contributed by atoms with Crippen LogP contribution >= 0.6 is 0 Å². The SMILES string of the molecule is CC(C)NC(=O)N(C)C.CCC(=O)NC(C)C.CCCC(=O)NC(C)C.CCN(CC)C(=O)NC(C)C. The molecule has 0 atom stereocenters. The summed E-state index contributed by atoms with van der Waals surface area (Å²) in [4.78, 5) is 46.5. The molecule has 6 amide bonds. The van der Waals surface area contributed by atoms with E-state index in [0.29, 0.717) is 12.8 Å². The van der Waals surface area contributed by atoms with Gasteiger partial charge in [0.25, 0.3) is 0 Å². The van der Waals surface area contributed by atoms with Crippen molar-refractivity contribution in [2.45, 2.75) is 127 Å². The van der Waals surface area contributed by atoms with E-state index in [4.69, 9.17) is 0 Å². The second kappa shape index (κ2) is 26.5. The van der Waals surface area contributed by atoms with Gasteiger partial charge in [0.1, 0.15) is 0 Å². The van der Waals surface area contributed by atoms with Gasteiger partial charge in [-0.2, -0.15) is 0 Å². The largest absolute Gasteiger partial charge is 0.354 e. The minimum Gasteiger partial charge on any atom is -0.354 e. The summed E-state index contributed by atoms with van der Waals surface area (Å²) in [5, 5.41) is 11.1. The zero-order valence-electron chi connectivity index (χ0n) is 26.4. The van der Waals surface area contributed by atoms with Gasteiger partial charge in [0.15, 0.2) is 0 Å². The summed E-state index contributed by atoms with van der Waals surface area (Å²) in [6.07, 6.45) is 2.16. The highest BCUT2D eigenvalue weighted by atomic mass is 16.2. The molecule has 0 aliphatic carbocycles. The van der Waals surface area contributed by atoms with E-state index in [1.54, 1.807) is 19.0 Å². The van der Waals surface area contributed by atoms with E-state index in [-0.39, 0.29) is 48.0 Å². The molecule has 0 saturated carbocycles. The third kappa shape index (κ3) is 35.7. The van der Waals surface area contributed by atoms with E-state index < -0.39 is 0 Å². The molecule has 0 bridgehead atoms. The summed E-state index contributed by atoms with van der Waals surface area (Å²) in [7, 11) is 3.44. The van der Waals surface area contributed by atoms with E-state index in [1.165, 1.54) is 4.90 Å². The third-order valence-electron chi connectivity index (χ3n) is 3.98. The van der Waals surface area contributed by atoms with Gasteiger partial charge in [-0.15, -0.1) is 0 Å². The number of urea groups is 2. The number of rotatable bonds is 9. The maximum absolute atomic E-state index is 11.2. The summed E-state index contributed by atoms with van der Waals surface area (Å²) in [6.45, 7) is 25.0. The lowest BCUT2D eigenvalue weighted by atomic mass is 10.3.